The van der Waals surface area contributed by atoms with Gasteiger partial charge in [-0.05, 0) is 17.8 Å². The molecule has 0 bridgehead atoms. The third-order valence-electron chi connectivity index (χ3n) is 2.30. The lowest BCUT2D eigenvalue weighted by Crippen LogP contribution is -2.27. The Balaban J connectivity index is 3.90. The van der Waals surface area contributed by atoms with Crippen LogP contribution >= 0.6 is 0 Å². The van der Waals surface area contributed by atoms with Crippen LogP contribution in [0.25, 0.3) is 0 Å². The molecule has 0 saturated heterocycles. The van der Waals surface area contributed by atoms with Crippen molar-refractivity contribution in [3.8, 4) is 12.3 Å². The minimum absolute atomic E-state index is 0.0794. The molecule has 1 heteroatoms. The van der Waals surface area contributed by atoms with Gasteiger partial charge in [0, 0.05) is 0 Å². The first-order valence-corrected chi connectivity index (χ1v) is 4.09. The summed E-state index contributed by atoms with van der Waals surface area (Å²) in [5.41, 5.74) is 5.95. The highest BCUT2D eigenvalue weighted by Gasteiger charge is 2.21. The zero-order valence-corrected chi connectivity index (χ0v) is 8.02. The van der Waals surface area contributed by atoms with Crippen LogP contribution in [-0.2, 0) is 0 Å². The van der Waals surface area contributed by atoms with Crippen LogP contribution < -0.4 is 5.73 Å². The Morgan fingerprint density at radius 3 is 2.18 bits per heavy atom. The minimum atomic E-state index is -0.0794. The average Bonchev–Trinajstić information content (AvgIpc) is 1.85. The molecule has 64 valence electrons. The first-order valence-electron chi connectivity index (χ1n) is 4.09. The van der Waals surface area contributed by atoms with Gasteiger partial charge >= 0.3 is 0 Å². The van der Waals surface area contributed by atoms with E-state index < -0.39 is 0 Å². The third kappa shape index (κ3) is 4.06. The van der Waals surface area contributed by atoms with E-state index in [1.807, 2.05) is 0 Å². The Hall–Kier alpha value is -0.480. The van der Waals surface area contributed by atoms with Gasteiger partial charge in [0.15, 0.2) is 0 Å². The summed E-state index contributed by atoms with van der Waals surface area (Å²) in [5.74, 6) is 3.12. The van der Waals surface area contributed by atoms with E-state index in [0.717, 1.165) is 6.42 Å². The van der Waals surface area contributed by atoms with Gasteiger partial charge in [0.1, 0.15) is 0 Å². The lowest BCUT2D eigenvalue weighted by Gasteiger charge is -2.28. The van der Waals surface area contributed by atoms with Gasteiger partial charge in [0.2, 0.25) is 0 Å². The van der Waals surface area contributed by atoms with E-state index >= 15 is 0 Å². The predicted molar refractivity (Wildman–Crippen MR) is 50.0 cm³/mol. The molecule has 2 unspecified atom stereocenters. The topological polar surface area (TPSA) is 26.0 Å². The van der Waals surface area contributed by atoms with Gasteiger partial charge in [0.05, 0.1) is 6.04 Å². The molecule has 2 N–H and O–H groups in total. The zero-order chi connectivity index (χ0) is 9.07. The molecule has 0 aliphatic rings. The Labute approximate surface area is 70.4 Å². The predicted octanol–water partition coefficient (Wildman–Crippen LogP) is 2.02. The lowest BCUT2D eigenvalue weighted by molar-refractivity contribution is 0.242. The van der Waals surface area contributed by atoms with Crippen molar-refractivity contribution in [2.45, 2.75) is 40.2 Å². The SMILES string of the molecule is C#CC(N)CC(C)C(C)(C)C. The molecule has 0 aromatic carbocycles. The van der Waals surface area contributed by atoms with Crippen LogP contribution in [0.3, 0.4) is 0 Å². The molecule has 0 saturated carbocycles. The van der Waals surface area contributed by atoms with Gasteiger partial charge in [-0.15, -0.1) is 6.42 Å². The van der Waals surface area contributed by atoms with E-state index in [2.05, 4.69) is 33.6 Å². The first-order chi connectivity index (χ1) is 4.88. The molecule has 11 heavy (non-hydrogen) atoms. The van der Waals surface area contributed by atoms with Crippen LogP contribution in [0.5, 0.6) is 0 Å². The molecule has 0 spiro atoms. The summed E-state index contributed by atoms with van der Waals surface area (Å²) in [5, 5.41) is 0. The van der Waals surface area contributed by atoms with Gasteiger partial charge in [-0.3, -0.25) is 0 Å². The number of hydrogen-bond acceptors (Lipinski definition) is 1. The molecular weight excluding hydrogens is 134 g/mol. The quantitative estimate of drug-likeness (QED) is 0.603. The van der Waals surface area contributed by atoms with Crippen molar-refractivity contribution >= 4 is 0 Å². The van der Waals surface area contributed by atoms with Crippen molar-refractivity contribution in [1.29, 1.82) is 0 Å². The maximum absolute atomic E-state index is 5.63. The standard InChI is InChI=1S/C10H19N/c1-6-9(11)7-8(2)10(3,4)5/h1,8-9H,7,11H2,2-5H3. The monoisotopic (exact) mass is 153 g/mol. The normalized spacial score (nSPS) is 17.1. The van der Waals surface area contributed by atoms with E-state index in [-0.39, 0.29) is 6.04 Å². The first kappa shape index (κ1) is 10.5. The molecule has 0 rings (SSSR count). The largest absolute Gasteiger partial charge is 0.318 e. The van der Waals surface area contributed by atoms with Crippen molar-refractivity contribution in [3.05, 3.63) is 0 Å². The van der Waals surface area contributed by atoms with Crippen LogP contribution in [0.15, 0.2) is 0 Å². The molecule has 0 fully saturated rings. The highest BCUT2D eigenvalue weighted by atomic mass is 14.6. The van der Waals surface area contributed by atoms with E-state index in [9.17, 15) is 0 Å². The van der Waals surface area contributed by atoms with Crippen LogP contribution in [0.1, 0.15) is 34.1 Å². The Morgan fingerprint density at radius 1 is 1.45 bits per heavy atom. The number of hydrogen-bond donors (Lipinski definition) is 1. The summed E-state index contributed by atoms with van der Waals surface area (Å²) >= 11 is 0. The van der Waals surface area contributed by atoms with Crippen molar-refractivity contribution < 1.29 is 0 Å². The van der Waals surface area contributed by atoms with Crippen LogP contribution in [0, 0.1) is 23.7 Å². The fraction of sp³-hybridized carbons (Fsp3) is 0.800. The summed E-state index contributed by atoms with van der Waals surface area (Å²) in [4.78, 5) is 0. The second-order valence-electron chi connectivity index (χ2n) is 4.28. The van der Waals surface area contributed by atoms with Crippen molar-refractivity contribution in [2.24, 2.45) is 17.1 Å². The minimum Gasteiger partial charge on any atom is -0.318 e. The van der Waals surface area contributed by atoms with Crippen LogP contribution in [-0.4, -0.2) is 6.04 Å². The summed E-state index contributed by atoms with van der Waals surface area (Å²) in [6, 6.07) is -0.0794. The van der Waals surface area contributed by atoms with Crippen LogP contribution in [0.2, 0.25) is 0 Å². The van der Waals surface area contributed by atoms with Crippen molar-refractivity contribution in [2.75, 3.05) is 0 Å². The highest BCUT2D eigenvalue weighted by Crippen LogP contribution is 2.28. The third-order valence-corrected chi connectivity index (χ3v) is 2.30. The van der Waals surface area contributed by atoms with E-state index in [4.69, 9.17) is 12.2 Å². The van der Waals surface area contributed by atoms with Gasteiger partial charge in [0.25, 0.3) is 0 Å². The average molecular weight is 153 g/mol. The molecule has 0 heterocycles. The molecule has 0 aromatic rings. The Morgan fingerprint density at radius 2 is 1.91 bits per heavy atom. The maximum Gasteiger partial charge on any atom is 0.0664 e. The molecule has 0 aliphatic carbocycles. The Bertz CT molecular complexity index is 147. The van der Waals surface area contributed by atoms with Crippen molar-refractivity contribution in [1.82, 2.24) is 0 Å². The zero-order valence-electron chi connectivity index (χ0n) is 8.02. The summed E-state index contributed by atoms with van der Waals surface area (Å²) < 4.78 is 0. The van der Waals surface area contributed by atoms with Gasteiger partial charge in [-0.1, -0.05) is 33.6 Å². The van der Waals surface area contributed by atoms with Gasteiger partial charge in [-0.25, -0.2) is 0 Å². The maximum atomic E-state index is 5.63. The fourth-order valence-electron chi connectivity index (χ4n) is 0.802. The Kier molecular flexibility index (Phi) is 3.62. The summed E-state index contributed by atoms with van der Waals surface area (Å²) in [6.45, 7) is 8.82. The molecule has 0 radical (unpaired) electrons. The smallest absolute Gasteiger partial charge is 0.0664 e. The van der Waals surface area contributed by atoms with Crippen molar-refractivity contribution in [3.63, 3.8) is 0 Å². The number of rotatable bonds is 2. The molecule has 0 aromatic heterocycles. The molecule has 2 atom stereocenters. The molecule has 0 aliphatic heterocycles. The molecule has 0 amide bonds. The highest BCUT2D eigenvalue weighted by molar-refractivity contribution is 4.97. The van der Waals surface area contributed by atoms with E-state index in [0.29, 0.717) is 11.3 Å². The second-order valence-corrected chi connectivity index (χ2v) is 4.28. The van der Waals surface area contributed by atoms with Gasteiger partial charge in [-0.2, -0.15) is 0 Å². The van der Waals surface area contributed by atoms with Gasteiger partial charge < -0.3 is 5.73 Å². The molecular formula is C10H19N. The number of terminal acetylenes is 1. The molecule has 1 nitrogen and oxygen atoms in total. The summed E-state index contributed by atoms with van der Waals surface area (Å²) in [6.07, 6.45) is 6.11. The lowest BCUT2D eigenvalue weighted by atomic mass is 9.79. The van der Waals surface area contributed by atoms with E-state index in [1.165, 1.54) is 0 Å². The fourth-order valence-corrected chi connectivity index (χ4v) is 0.802. The summed E-state index contributed by atoms with van der Waals surface area (Å²) in [7, 11) is 0. The second kappa shape index (κ2) is 3.78. The number of nitrogens with two attached hydrogens (primary N) is 1. The van der Waals surface area contributed by atoms with E-state index in [1.54, 1.807) is 0 Å². The van der Waals surface area contributed by atoms with Crippen LogP contribution in [0.4, 0.5) is 0 Å².